The summed E-state index contributed by atoms with van der Waals surface area (Å²) in [6.45, 7) is 0.0546. The van der Waals surface area contributed by atoms with Crippen LogP contribution in [0.3, 0.4) is 0 Å². The minimum atomic E-state index is -4.27. The number of rotatable bonds is 3. The normalized spacial score (nSPS) is 18.2. The molecule has 1 aromatic carbocycles. The second-order valence-corrected chi connectivity index (χ2v) is 5.71. The summed E-state index contributed by atoms with van der Waals surface area (Å²) in [6.07, 6.45) is 1.90. The number of benzene rings is 1. The van der Waals surface area contributed by atoms with Gasteiger partial charge in [0.1, 0.15) is 29.3 Å². The lowest BCUT2D eigenvalue weighted by molar-refractivity contribution is -0.158. The fourth-order valence-corrected chi connectivity index (χ4v) is 2.92. The third-order valence-corrected chi connectivity index (χ3v) is 4.13. The second kappa shape index (κ2) is 5.88. The molecule has 0 radical (unpaired) electrons. The maximum absolute atomic E-state index is 14.4. The van der Waals surface area contributed by atoms with Gasteiger partial charge in [0.05, 0.1) is 0 Å². The van der Waals surface area contributed by atoms with Crippen LogP contribution in [-0.2, 0) is 17.8 Å². The van der Waals surface area contributed by atoms with Crippen LogP contribution in [0.4, 0.5) is 17.6 Å². The zero-order chi connectivity index (χ0) is 17.5. The molecule has 1 aliphatic rings. The van der Waals surface area contributed by atoms with Gasteiger partial charge < -0.3 is 9.47 Å². The van der Waals surface area contributed by atoms with Crippen molar-refractivity contribution in [2.45, 2.75) is 18.3 Å². The van der Waals surface area contributed by atoms with Crippen LogP contribution < -0.4 is 0 Å². The smallest absolute Gasteiger partial charge is 0.336 e. The summed E-state index contributed by atoms with van der Waals surface area (Å²) in [4.78, 5) is 13.1. The van der Waals surface area contributed by atoms with Crippen LogP contribution in [0.5, 0.6) is 0 Å². The molecular weight excluding hydrogens is 328 g/mol. The third-order valence-electron chi connectivity index (χ3n) is 4.13. The second-order valence-electron chi connectivity index (χ2n) is 5.71. The number of hydrogen-bond donors (Lipinski definition) is 0. The van der Waals surface area contributed by atoms with Gasteiger partial charge >= 0.3 is 5.92 Å². The minimum absolute atomic E-state index is 0.00295. The molecule has 0 saturated carbocycles. The average Bonchev–Trinajstić information content (AvgIpc) is 3.14. The monoisotopic (exact) mass is 342 g/mol. The zero-order valence-electron chi connectivity index (χ0n) is 12.7. The van der Waals surface area contributed by atoms with Crippen molar-refractivity contribution in [3.8, 4) is 0 Å². The molecule has 9 heteroatoms. The van der Waals surface area contributed by atoms with Gasteiger partial charge in [-0.15, -0.1) is 10.2 Å². The molecule has 128 valence electrons. The Labute approximate surface area is 134 Å². The van der Waals surface area contributed by atoms with E-state index in [1.165, 1.54) is 6.33 Å². The SMILES string of the molecule is Cn1cnnc1C1CCN(C(=O)C(F)(F)c2c(F)cccc2F)C1. The lowest BCUT2D eigenvalue weighted by Crippen LogP contribution is -2.41. The van der Waals surface area contributed by atoms with Crippen LogP contribution in [0, 0.1) is 11.6 Å². The molecule has 1 fully saturated rings. The number of carbonyl (C=O) groups excluding carboxylic acids is 1. The Morgan fingerprint density at radius 3 is 2.54 bits per heavy atom. The Hall–Kier alpha value is -2.45. The number of likely N-dealkylation sites (tertiary alicyclic amines) is 1. The number of halogens is 4. The van der Waals surface area contributed by atoms with Crippen molar-refractivity contribution in [2.24, 2.45) is 7.05 Å². The third kappa shape index (κ3) is 2.63. The van der Waals surface area contributed by atoms with E-state index in [9.17, 15) is 22.4 Å². The average molecular weight is 342 g/mol. The number of aromatic nitrogens is 3. The van der Waals surface area contributed by atoms with Crippen LogP contribution >= 0.6 is 0 Å². The predicted molar refractivity (Wildman–Crippen MR) is 75.2 cm³/mol. The molecule has 3 rings (SSSR count). The van der Waals surface area contributed by atoms with E-state index in [-0.39, 0.29) is 19.0 Å². The van der Waals surface area contributed by atoms with E-state index < -0.39 is 29.0 Å². The molecule has 5 nitrogen and oxygen atoms in total. The van der Waals surface area contributed by atoms with Gasteiger partial charge in [-0.2, -0.15) is 8.78 Å². The summed E-state index contributed by atoms with van der Waals surface area (Å²) in [5.41, 5.74) is -1.52. The summed E-state index contributed by atoms with van der Waals surface area (Å²) >= 11 is 0. The maximum Gasteiger partial charge on any atom is 0.355 e. The molecule has 2 heterocycles. The highest BCUT2D eigenvalue weighted by Crippen LogP contribution is 2.36. The highest BCUT2D eigenvalue weighted by molar-refractivity contribution is 5.85. The molecule has 1 unspecified atom stereocenters. The van der Waals surface area contributed by atoms with Crippen molar-refractivity contribution in [2.75, 3.05) is 13.1 Å². The van der Waals surface area contributed by atoms with Crippen LogP contribution in [-0.4, -0.2) is 38.7 Å². The number of aryl methyl sites for hydroxylation is 1. The van der Waals surface area contributed by atoms with Gasteiger partial charge in [0.15, 0.2) is 0 Å². The van der Waals surface area contributed by atoms with Gasteiger partial charge in [-0.05, 0) is 18.6 Å². The first-order chi connectivity index (χ1) is 11.3. The summed E-state index contributed by atoms with van der Waals surface area (Å²) in [6, 6.07) is 2.37. The van der Waals surface area contributed by atoms with Gasteiger partial charge in [-0.25, -0.2) is 8.78 Å². The molecule has 1 amide bonds. The Morgan fingerprint density at radius 1 is 1.29 bits per heavy atom. The van der Waals surface area contributed by atoms with E-state index in [2.05, 4.69) is 10.2 Å². The molecule has 1 saturated heterocycles. The molecule has 0 bridgehead atoms. The van der Waals surface area contributed by atoms with Gasteiger partial charge in [0.25, 0.3) is 5.91 Å². The fourth-order valence-electron chi connectivity index (χ4n) is 2.92. The van der Waals surface area contributed by atoms with Crippen molar-refractivity contribution in [1.29, 1.82) is 0 Å². The van der Waals surface area contributed by atoms with Crippen molar-refractivity contribution in [3.05, 3.63) is 47.5 Å². The first kappa shape index (κ1) is 16.4. The standard InChI is InChI=1S/C15H14F4N4O/c1-22-8-20-21-13(22)9-5-6-23(7-9)14(24)15(18,19)12-10(16)3-2-4-11(12)17/h2-4,8-9H,5-7H2,1H3. The quantitative estimate of drug-likeness (QED) is 0.804. The summed E-state index contributed by atoms with van der Waals surface area (Å²) < 4.78 is 57.6. The van der Waals surface area contributed by atoms with Crippen LogP contribution in [0.15, 0.2) is 24.5 Å². The van der Waals surface area contributed by atoms with Crippen LogP contribution in [0.25, 0.3) is 0 Å². The molecule has 24 heavy (non-hydrogen) atoms. The van der Waals surface area contributed by atoms with Gasteiger partial charge in [0.2, 0.25) is 0 Å². The lowest BCUT2D eigenvalue weighted by Gasteiger charge is -2.23. The molecular formula is C15H14F4N4O. The number of nitrogens with zero attached hydrogens (tertiary/aromatic N) is 4. The van der Waals surface area contributed by atoms with E-state index in [1.807, 2.05) is 0 Å². The first-order valence-electron chi connectivity index (χ1n) is 7.28. The molecule has 0 spiro atoms. The van der Waals surface area contributed by atoms with E-state index >= 15 is 0 Å². The van der Waals surface area contributed by atoms with Crippen LogP contribution in [0.1, 0.15) is 23.7 Å². The van der Waals surface area contributed by atoms with E-state index in [1.54, 1.807) is 11.6 Å². The molecule has 1 aromatic heterocycles. The minimum Gasteiger partial charge on any atom is -0.336 e. The summed E-state index contributed by atoms with van der Waals surface area (Å²) in [5.74, 6) is -8.45. The first-order valence-corrected chi connectivity index (χ1v) is 7.28. The van der Waals surface area contributed by atoms with Crippen LogP contribution in [0.2, 0.25) is 0 Å². The topological polar surface area (TPSA) is 51.0 Å². The highest BCUT2D eigenvalue weighted by atomic mass is 19.3. The number of alkyl halides is 2. The van der Waals surface area contributed by atoms with E-state index in [0.717, 1.165) is 11.0 Å². The number of carbonyl (C=O) groups is 1. The molecule has 0 N–H and O–H groups in total. The Balaban J connectivity index is 1.83. The van der Waals surface area contributed by atoms with Gasteiger partial charge in [-0.3, -0.25) is 4.79 Å². The predicted octanol–water partition coefficient (Wildman–Crippen LogP) is 2.20. The Bertz CT molecular complexity index is 756. The van der Waals surface area contributed by atoms with Crippen molar-refractivity contribution in [1.82, 2.24) is 19.7 Å². The van der Waals surface area contributed by atoms with Gasteiger partial charge in [0, 0.05) is 26.1 Å². The van der Waals surface area contributed by atoms with Crippen molar-refractivity contribution >= 4 is 5.91 Å². The molecule has 0 aliphatic carbocycles. The fraction of sp³-hybridized carbons (Fsp3) is 0.400. The maximum atomic E-state index is 14.4. The highest BCUT2D eigenvalue weighted by Gasteiger charge is 2.49. The summed E-state index contributed by atoms with van der Waals surface area (Å²) in [5, 5.41) is 7.63. The van der Waals surface area contributed by atoms with Crippen molar-refractivity contribution in [3.63, 3.8) is 0 Å². The number of hydrogen-bond acceptors (Lipinski definition) is 3. The summed E-state index contributed by atoms with van der Waals surface area (Å²) in [7, 11) is 1.71. The Kier molecular flexibility index (Phi) is 4.02. The number of amides is 1. The molecule has 1 atom stereocenters. The molecule has 1 aliphatic heterocycles. The lowest BCUT2D eigenvalue weighted by atomic mass is 10.1. The largest absolute Gasteiger partial charge is 0.355 e. The van der Waals surface area contributed by atoms with Crippen molar-refractivity contribution < 1.29 is 22.4 Å². The van der Waals surface area contributed by atoms with E-state index in [0.29, 0.717) is 24.4 Å². The molecule has 2 aromatic rings. The van der Waals surface area contributed by atoms with E-state index in [4.69, 9.17) is 0 Å². The van der Waals surface area contributed by atoms with Gasteiger partial charge in [-0.1, -0.05) is 6.07 Å². The zero-order valence-corrected chi connectivity index (χ0v) is 12.7. The Morgan fingerprint density at radius 2 is 1.96 bits per heavy atom.